The highest BCUT2D eigenvalue weighted by Crippen LogP contribution is 2.53. The summed E-state index contributed by atoms with van der Waals surface area (Å²) in [6, 6.07) is 51.4. The van der Waals surface area contributed by atoms with E-state index in [1.807, 2.05) is 48.7 Å². The maximum atomic E-state index is 5.25. The van der Waals surface area contributed by atoms with E-state index in [0.29, 0.717) is 17.6 Å². The molecule has 0 N–H and O–H groups in total. The summed E-state index contributed by atoms with van der Waals surface area (Å²) >= 11 is 0. The Hall–Kier alpha value is -6.72. The van der Waals surface area contributed by atoms with Gasteiger partial charge in [-0.25, -0.2) is 4.98 Å². The molecule has 0 aliphatic heterocycles. The van der Waals surface area contributed by atoms with Gasteiger partial charge in [0.25, 0.3) is 0 Å². The Balaban J connectivity index is 1.27. The molecule has 1 aliphatic carbocycles. The number of hydrogen-bond acceptors (Lipinski definition) is 4. The molecule has 10 aromatic rings. The molecule has 7 aromatic carbocycles. The van der Waals surface area contributed by atoms with Gasteiger partial charge in [0.05, 0.1) is 16.7 Å². The third kappa shape index (κ3) is 3.99. The van der Waals surface area contributed by atoms with Crippen molar-refractivity contribution in [3.63, 3.8) is 0 Å². The first-order valence-electron chi connectivity index (χ1n) is 17.7. The highest BCUT2D eigenvalue weighted by atomic mass is 15.2. The van der Waals surface area contributed by atoms with Gasteiger partial charge in [-0.2, -0.15) is 9.97 Å². The smallest absolute Gasteiger partial charge is 0.238 e. The van der Waals surface area contributed by atoms with E-state index in [4.69, 9.17) is 19.9 Å². The second kappa shape index (κ2) is 10.6. The Labute approximate surface area is 299 Å². The molecular weight excluding hydrogens is 635 g/mol. The van der Waals surface area contributed by atoms with E-state index < -0.39 is 0 Å². The molecule has 5 nitrogen and oxygen atoms in total. The van der Waals surface area contributed by atoms with Gasteiger partial charge >= 0.3 is 0 Å². The molecule has 52 heavy (non-hydrogen) atoms. The second-order valence-electron chi connectivity index (χ2n) is 14.3. The first-order chi connectivity index (χ1) is 25.6. The average molecular weight is 666 g/mol. The number of pyridine rings is 1. The van der Waals surface area contributed by atoms with Crippen molar-refractivity contribution in [1.29, 1.82) is 0 Å². The number of rotatable bonds is 4. The highest BCUT2D eigenvalue weighted by molar-refractivity contribution is 6.35. The zero-order valence-electron chi connectivity index (χ0n) is 28.7. The van der Waals surface area contributed by atoms with Gasteiger partial charge in [-0.05, 0) is 67.7 Å². The Morgan fingerprint density at radius 2 is 1.02 bits per heavy atom. The molecule has 5 heteroatoms. The van der Waals surface area contributed by atoms with E-state index in [0.717, 1.165) is 33.4 Å². The lowest BCUT2D eigenvalue weighted by Crippen LogP contribution is -2.15. The van der Waals surface area contributed by atoms with Crippen LogP contribution in [0.4, 0.5) is 0 Å². The lowest BCUT2D eigenvalue weighted by molar-refractivity contribution is 0.663. The van der Waals surface area contributed by atoms with Crippen LogP contribution in [0.15, 0.2) is 152 Å². The topological polar surface area (TPSA) is 56.5 Å². The molecule has 0 unspecified atom stereocenters. The molecular formula is C47H31N5. The minimum atomic E-state index is -0.156. The monoisotopic (exact) mass is 665 g/mol. The van der Waals surface area contributed by atoms with Gasteiger partial charge in [0, 0.05) is 39.1 Å². The van der Waals surface area contributed by atoms with Crippen LogP contribution >= 0.6 is 0 Å². The van der Waals surface area contributed by atoms with Gasteiger partial charge in [-0.3, -0.25) is 9.55 Å². The average Bonchev–Trinajstić information content (AvgIpc) is 3.67. The van der Waals surface area contributed by atoms with Gasteiger partial charge < -0.3 is 0 Å². The van der Waals surface area contributed by atoms with Gasteiger partial charge in [0.1, 0.15) is 0 Å². The van der Waals surface area contributed by atoms with Crippen LogP contribution in [-0.2, 0) is 5.41 Å². The Morgan fingerprint density at radius 3 is 1.73 bits per heavy atom. The van der Waals surface area contributed by atoms with Gasteiger partial charge in [0.2, 0.25) is 5.95 Å². The lowest BCUT2D eigenvalue weighted by atomic mass is 9.81. The molecule has 0 spiro atoms. The summed E-state index contributed by atoms with van der Waals surface area (Å²) in [4.78, 5) is 20.4. The number of aromatic nitrogens is 5. The van der Waals surface area contributed by atoms with Crippen molar-refractivity contribution < 1.29 is 0 Å². The summed E-state index contributed by atoms with van der Waals surface area (Å²) in [6.45, 7) is 4.72. The molecule has 0 saturated carbocycles. The Bertz CT molecular complexity index is 3070. The van der Waals surface area contributed by atoms with E-state index in [-0.39, 0.29) is 5.41 Å². The van der Waals surface area contributed by atoms with Crippen molar-refractivity contribution >= 4 is 54.1 Å². The maximum Gasteiger partial charge on any atom is 0.238 e. The summed E-state index contributed by atoms with van der Waals surface area (Å²) in [5, 5.41) is 10.1. The third-order valence-corrected chi connectivity index (χ3v) is 11.1. The first-order valence-corrected chi connectivity index (χ1v) is 17.7. The summed E-state index contributed by atoms with van der Waals surface area (Å²) in [5.41, 5.74) is 8.42. The van der Waals surface area contributed by atoms with Gasteiger partial charge in [-0.15, -0.1) is 0 Å². The van der Waals surface area contributed by atoms with E-state index in [9.17, 15) is 0 Å². The standard InChI is InChI=1S/C47H31N5/c1-47(2)35-21-11-19-33-31-17-9-10-18-32(31)34-20-12-22-38-41(34)43-39(26-24-36(47)42(43)40(33)35)52(38)46-50-44(29-15-7-4-8-16-29)49-45(51-46)30-23-25-37(48-27-30)28-13-5-3-6-14-28/h3-27H,1-2H3. The normalized spacial score (nSPS) is 13.3. The third-order valence-electron chi connectivity index (χ3n) is 11.1. The molecule has 0 atom stereocenters. The number of fused-ring (bicyclic) bond motifs is 3. The first kappa shape index (κ1) is 29.1. The van der Waals surface area contributed by atoms with Crippen molar-refractivity contribution in [2.45, 2.75) is 19.3 Å². The fourth-order valence-electron chi connectivity index (χ4n) is 8.65. The van der Waals surface area contributed by atoms with E-state index in [1.165, 1.54) is 54.2 Å². The molecule has 0 saturated heterocycles. The highest BCUT2D eigenvalue weighted by Gasteiger charge is 2.35. The largest absolute Gasteiger partial charge is 0.278 e. The van der Waals surface area contributed by atoms with Crippen LogP contribution in [0.25, 0.3) is 94.1 Å². The van der Waals surface area contributed by atoms with Crippen LogP contribution in [0.1, 0.15) is 25.0 Å². The van der Waals surface area contributed by atoms with Crippen LogP contribution in [0.3, 0.4) is 0 Å². The summed E-state index contributed by atoms with van der Waals surface area (Å²) in [7, 11) is 0. The molecule has 0 amide bonds. The van der Waals surface area contributed by atoms with Crippen LogP contribution in [-0.4, -0.2) is 24.5 Å². The predicted octanol–water partition coefficient (Wildman–Crippen LogP) is 11.5. The van der Waals surface area contributed by atoms with Crippen molar-refractivity contribution in [2.75, 3.05) is 0 Å². The van der Waals surface area contributed by atoms with Crippen LogP contribution in [0.5, 0.6) is 0 Å². The van der Waals surface area contributed by atoms with Crippen molar-refractivity contribution in [2.24, 2.45) is 0 Å². The molecule has 3 aromatic heterocycles. The molecule has 0 bridgehead atoms. The van der Waals surface area contributed by atoms with Gasteiger partial charge in [0.15, 0.2) is 11.6 Å². The zero-order valence-corrected chi connectivity index (χ0v) is 28.7. The second-order valence-corrected chi connectivity index (χ2v) is 14.3. The summed E-state index contributed by atoms with van der Waals surface area (Å²) in [5.74, 6) is 1.77. The van der Waals surface area contributed by atoms with Crippen molar-refractivity contribution in [1.82, 2.24) is 24.5 Å². The molecule has 0 radical (unpaired) electrons. The zero-order chi connectivity index (χ0) is 34.6. The minimum absolute atomic E-state index is 0.156. The van der Waals surface area contributed by atoms with Crippen LogP contribution in [0.2, 0.25) is 0 Å². The quantitative estimate of drug-likeness (QED) is 0.188. The SMILES string of the molecule is CC1(C)c2cccc3c4ccccc4c4cccc5c4c4c(c1ccc4n5-c1nc(-c4ccccc4)nc(-c4ccc(-c5ccccc5)nc4)n1)c23. The number of nitrogens with zero attached hydrogens (tertiary/aromatic N) is 5. The summed E-state index contributed by atoms with van der Waals surface area (Å²) < 4.78 is 2.25. The molecule has 1 aliphatic rings. The predicted molar refractivity (Wildman–Crippen MR) is 213 cm³/mol. The van der Waals surface area contributed by atoms with Crippen molar-refractivity contribution in [3.8, 4) is 40.0 Å². The van der Waals surface area contributed by atoms with E-state index >= 15 is 0 Å². The Kier molecular flexibility index (Phi) is 5.95. The van der Waals surface area contributed by atoms with Crippen molar-refractivity contribution in [3.05, 3.63) is 163 Å². The maximum absolute atomic E-state index is 5.25. The fraction of sp³-hybridized carbons (Fsp3) is 0.0638. The lowest BCUT2D eigenvalue weighted by Gasteiger charge is -2.22. The van der Waals surface area contributed by atoms with Crippen LogP contribution in [0, 0.1) is 0 Å². The fourth-order valence-corrected chi connectivity index (χ4v) is 8.65. The van der Waals surface area contributed by atoms with E-state index in [1.54, 1.807) is 0 Å². The van der Waals surface area contributed by atoms with Crippen LogP contribution < -0.4 is 0 Å². The number of benzene rings is 6. The number of hydrogen-bond donors (Lipinski definition) is 0. The summed E-state index contributed by atoms with van der Waals surface area (Å²) in [6.07, 6.45) is 1.87. The Morgan fingerprint density at radius 1 is 0.423 bits per heavy atom. The molecule has 0 fully saturated rings. The van der Waals surface area contributed by atoms with Gasteiger partial charge in [-0.1, -0.05) is 135 Å². The minimum Gasteiger partial charge on any atom is -0.278 e. The molecule has 11 rings (SSSR count). The molecule has 244 valence electrons. The molecule has 3 heterocycles. The van der Waals surface area contributed by atoms with E-state index in [2.05, 4.69) is 122 Å².